The van der Waals surface area contributed by atoms with Crippen LogP contribution in [-0.2, 0) is 13.1 Å². The van der Waals surface area contributed by atoms with E-state index in [4.69, 9.17) is 4.42 Å². The molecule has 0 radical (unpaired) electrons. The predicted octanol–water partition coefficient (Wildman–Crippen LogP) is 3.60. The fourth-order valence-electron chi connectivity index (χ4n) is 2.06. The zero-order valence-corrected chi connectivity index (χ0v) is 11.6. The van der Waals surface area contributed by atoms with E-state index in [2.05, 4.69) is 31.9 Å². The number of hydrogen-bond acceptors (Lipinski definition) is 3. The van der Waals surface area contributed by atoms with Gasteiger partial charge in [-0.1, -0.05) is 0 Å². The maximum Gasteiger partial charge on any atom is 0.117 e. The van der Waals surface area contributed by atoms with E-state index in [-0.39, 0.29) is 0 Å². The van der Waals surface area contributed by atoms with Crippen molar-refractivity contribution in [3.05, 3.63) is 52.7 Å². The van der Waals surface area contributed by atoms with Crippen LogP contribution in [0, 0.1) is 0 Å². The molecule has 94 valence electrons. The first kappa shape index (κ1) is 11.9. The minimum atomic E-state index is 0.695. The highest BCUT2D eigenvalue weighted by molar-refractivity contribution is 9.10. The SMILES string of the molecule is Brc1ccc(CN(Cc2ccco2)C2CC2)nc1. The minimum absolute atomic E-state index is 0.695. The second-order valence-electron chi connectivity index (χ2n) is 4.68. The number of aromatic nitrogens is 1. The molecule has 4 heteroatoms. The van der Waals surface area contributed by atoms with Crippen LogP contribution >= 0.6 is 15.9 Å². The fraction of sp³-hybridized carbons (Fsp3) is 0.357. The molecular formula is C14H15BrN2O. The summed E-state index contributed by atoms with van der Waals surface area (Å²) in [5.41, 5.74) is 1.11. The van der Waals surface area contributed by atoms with Gasteiger partial charge in [-0.05, 0) is 53.0 Å². The third kappa shape index (κ3) is 3.00. The van der Waals surface area contributed by atoms with Gasteiger partial charge in [0.15, 0.2) is 0 Å². The molecule has 0 unspecified atom stereocenters. The van der Waals surface area contributed by atoms with Gasteiger partial charge in [0.1, 0.15) is 5.76 Å². The molecule has 1 aliphatic rings. The summed E-state index contributed by atoms with van der Waals surface area (Å²) >= 11 is 3.41. The lowest BCUT2D eigenvalue weighted by molar-refractivity contribution is 0.222. The van der Waals surface area contributed by atoms with Crippen LogP contribution < -0.4 is 0 Å². The monoisotopic (exact) mass is 306 g/mol. The first-order valence-corrected chi connectivity index (χ1v) is 6.97. The Balaban J connectivity index is 1.68. The summed E-state index contributed by atoms with van der Waals surface area (Å²) in [7, 11) is 0. The van der Waals surface area contributed by atoms with Crippen LogP contribution in [0.2, 0.25) is 0 Å². The maximum atomic E-state index is 5.43. The summed E-state index contributed by atoms with van der Waals surface area (Å²) in [6, 6.07) is 8.78. The van der Waals surface area contributed by atoms with Crippen molar-refractivity contribution in [2.75, 3.05) is 0 Å². The van der Waals surface area contributed by atoms with Gasteiger partial charge >= 0.3 is 0 Å². The second-order valence-corrected chi connectivity index (χ2v) is 5.60. The van der Waals surface area contributed by atoms with E-state index in [9.17, 15) is 0 Å². The molecule has 0 bridgehead atoms. The minimum Gasteiger partial charge on any atom is -0.468 e. The third-order valence-corrected chi connectivity index (χ3v) is 3.63. The molecule has 2 aromatic rings. The Kier molecular flexibility index (Phi) is 3.48. The summed E-state index contributed by atoms with van der Waals surface area (Å²) in [6.07, 6.45) is 6.17. The molecular weight excluding hydrogens is 292 g/mol. The van der Waals surface area contributed by atoms with Crippen molar-refractivity contribution in [2.24, 2.45) is 0 Å². The molecule has 1 saturated carbocycles. The topological polar surface area (TPSA) is 29.3 Å². The zero-order valence-electron chi connectivity index (χ0n) is 10.1. The van der Waals surface area contributed by atoms with Crippen LogP contribution in [0.5, 0.6) is 0 Å². The van der Waals surface area contributed by atoms with Crippen LogP contribution in [0.1, 0.15) is 24.3 Å². The Hall–Kier alpha value is -1.13. The zero-order chi connectivity index (χ0) is 12.4. The van der Waals surface area contributed by atoms with Crippen LogP contribution in [0.25, 0.3) is 0 Å². The lowest BCUT2D eigenvalue weighted by Crippen LogP contribution is -2.25. The molecule has 0 aliphatic heterocycles. The third-order valence-electron chi connectivity index (χ3n) is 3.16. The van der Waals surface area contributed by atoms with E-state index in [1.807, 2.05) is 24.4 Å². The average molecular weight is 307 g/mol. The van der Waals surface area contributed by atoms with Crippen LogP contribution in [-0.4, -0.2) is 15.9 Å². The summed E-state index contributed by atoms with van der Waals surface area (Å²) in [5.74, 6) is 1.03. The molecule has 18 heavy (non-hydrogen) atoms. The van der Waals surface area contributed by atoms with Crippen molar-refractivity contribution in [2.45, 2.75) is 32.0 Å². The molecule has 0 atom stereocenters. The van der Waals surface area contributed by atoms with Gasteiger partial charge in [-0.15, -0.1) is 0 Å². The molecule has 2 heterocycles. The van der Waals surface area contributed by atoms with Gasteiger partial charge in [0.05, 0.1) is 18.5 Å². The van der Waals surface area contributed by atoms with Crippen molar-refractivity contribution in [1.82, 2.24) is 9.88 Å². The van der Waals surface area contributed by atoms with E-state index in [1.54, 1.807) is 6.26 Å². The molecule has 1 fully saturated rings. The normalized spacial score (nSPS) is 15.2. The molecule has 0 N–H and O–H groups in total. The molecule has 0 saturated heterocycles. The van der Waals surface area contributed by atoms with E-state index in [0.29, 0.717) is 6.04 Å². The van der Waals surface area contributed by atoms with Gasteiger partial charge in [-0.2, -0.15) is 0 Å². The Labute approximate surface area is 115 Å². The molecule has 3 rings (SSSR count). The Morgan fingerprint density at radius 2 is 2.17 bits per heavy atom. The first-order chi connectivity index (χ1) is 8.81. The molecule has 3 nitrogen and oxygen atoms in total. The van der Waals surface area contributed by atoms with Crippen LogP contribution in [0.15, 0.2) is 45.6 Å². The van der Waals surface area contributed by atoms with E-state index < -0.39 is 0 Å². The lowest BCUT2D eigenvalue weighted by atomic mass is 10.3. The van der Waals surface area contributed by atoms with Gasteiger partial charge in [0.2, 0.25) is 0 Å². The Morgan fingerprint density at radius 1 is 1.28 bits per heavy atom. The lowest BCUT2D eigenvalue weighted by Gasteiger charge is -2.20. The molecule has 2 aromatic heterocycles. The highest BCUT2D eigenvalue weighted by Gasteiger charge is 2.29. The quantitative estimate of drug-likeness (QED) is 0.845. The van der Waals surface area contributed by atoms with Gasteiger partial charge < -0.3 is 4.42 Å². The second kappa shape index (κ2) is 5.24. The maximum absolute atomic E-state index is 5.43. The largest absolute Gasteiger partial charge is 0.468 e. The van der Waals surface area contributed by atoms with E-state index in [0.717, 1.165) is 29.0 Å². The van der Waals surface area contributed by atoms with Crippen molar-refractivity contribution < 1.29 is 4.42 Å². The first-order valence-electron chi connectivity index (χ1n) is 6.18. The number of nitrogens with zero attached hydrogens (tertiary/aromatic N) is 2. The van der Waals surface area contributed by atoms with Crippen molar-refractivity contribution in [1.29, 1.82) is 0 Å². The number of furan rings is 1. The number of hydrogen-bond donors (Lipinski definition) is 0. The number of halogens is 1. The molecule has 0 amide bonds. The Bertz CT molecular complexity index is 491. The summed E-state index contributed by atoms with van der Waals surface area (Å²) < 4.78 is 6.45. The fourth-order valence-corrected chi connectivity index (χ4v) is 2.30. The van der Waals surface area contributed by atoms with Gasteiger partial charge in [0.25, 0.3) is 0 Å². The van der Waals surface area contributed by atoms with Crippen LogP contribution in [0.4, 0.5) is 0 Å². The van der Waals surface area contributed by atoms with E-state index >= 15 is 0 Å². The molecule has 0 spiro atoms. The van der Waals surface area contributed by atoms with E-state index in [1.165, 1.54) is 12.8 Å². The van der Waals surface area contributed by atoms with Gasteiger partial charge in [-0.25, -0.2) is 0 Å². The van der Waals surface area contributed by atoms with Crippen molar-refractivity contribution in [3.8, 4) is 0 Å². The van der Waals surface area contributed by atoms with Crippen molar-refractivity contribution in [3.63, 3.8) is 0 Å². The number of rotatable bonds is 5. The average Bonchev–Trinajstić information content (AvgIpc) is 3.10. The van der Waals surface area contributed by atoms with Gasteiger partial charge in [0, 0.05) is 23.3 Å². The highest BCUT2D eigenvalue weighted by Crippen LogP contribution is 2.29. The van der Waals surface area contributed by atoms with Crippen molar-refractivity contribution >= 4 is 15.9 Å². The predicted molar refractivity (Wildman–Crippen MR) is 72.9 cm³/mol. The smallest absolute Gasteiger partial charge is 0.117 e. The van der Waals surface area contributed by atoms with Crippen LogP contribution in [0.3, 0.4) is 0 Å². The molecule has 1 aliphatic carbocycles. The summed E-state index contributed by atoms with van der Waals surface area (Å²) in [4.78, 5) is 6.88. The standard InChI is InChI=1S/C14H15BrN2O/c15-11-3-4-12(16-8-11)9-17(13-5-6-13)10-14-2-1-7-18-14/h1-4,7-8,13H,5-6,9-10H2. The highest BCUT2D eigenvalue weighted by atomic mass is 79.9. The molecule has 0 aromatic carbocycles. The summed E-state index contributed by atoms with van der Waals surface area (Å²) in [5, 5.41) is 0. The van der Waals surface area contributed by atoms with Gasteiger partial charge in [-0.3, -0.25) is 9.88 Å². The number of pyridine rings is 1. The Morgan fingerprint density at radius 3 is 2.78 bits per heavy atom. The summed E-state index contributed by atoms with van der Waals surface area (Å²) in [6.45, 7) is 1.76.